The van der Waals surface area contributed by atoms with Crippen molar-refractivity contribution in [3.8, 4) is 0 Å². The van der Waals surface area contributed by atoms with Crippen molar-refractivity contribution in [3.05, 3.63) is 316 Å². The third-order valence-electron chi connectivity index (χ3n) is 16.0. The zero-order chi connectivity index (χ0) is 66.4. The lowest BCUT2D eigenvalue weighted by Crippen LogP contribution is -2.64. The lowest BCUT2D eigenvalue weighted by Gasteiger charge is -2.48. The lowest BCUT2D eigenvalue weighted by atomic mass is 9.96. The van der Waals surface area contributed by atoms with Crippen LogP contribution < -0.4 is 0 Å². The van der Waals surface area contributed by atoms with E-state index in [9.17, 15) is 26.3 Å². The number of halogens is 6. The molecule has 0 unspecified atom stereocenters. The first-order valence-corrected chi connectivity index (χ1v) is 32.5. The van der Waals surface area contributed by atoms with Crippen LogP contribution in [-0.4, -0.2) is 79.9 Å². The molecule has 9 aromatic rings. The monoisotopic (exact) mass is 1330 g/mol. The van der Waals surface area contributed by atoms with Crippen molar-refractivity contribution in [1.82, 2.24) is 0 Å². The van der Waals surface area contributed by atoms with E-state index in [1.165, 1.54) is 24.3 Å². The van der Waals surface area contributed by atoms with Gasteiger partial charge in [0.15, 0.2) is 6.29 Å². The summed E-state index contributed by atoms with van der Waals surface area (Å²) in [7, 11) is 0. The quantitative estimate of drug-likeness (QED) is 0.0253. The van der Waals surface area contributed by atoms with Crippen molar-refractivity contribution < 1.29 is 78.4 Å². The second kappa shape index (κ2) is 34.8. The van der Waals surface area contributed by atoms with Crippen molar-refractivity contribution in [2.24, 2.45) is 4.99 Å². The van der Waals surface area contributed by atoms with Gasteiger partial charge in [-0.2, -0.15) is 26.3 Å². The van der Waals surface area contributed by atoms with Gasteiger partial charge in [0.05, 0.1) is 76.3 Å². The fourth-order valence-corrected chi connectivity index (χ4v) is 11.8. The van der Waals surface area contributed by atoms with Crippen molar-refractivity contribution in [1.29, 1.82) is 0 Å². The molecule has 19 heteroatoms. The second-order valence-corrected chi connectivity index (χ2v) is 23.9. The average molecular weight is 1330 g/mol. The molecule has 500 valence electrons. The SMILES string of the molecule is FC(F)(F)c1ccc(CSC(=Nc2ccc(C(F)(F)F)cc2)O[C@H]2O[C@H](CO[C@@H]3O[C@H](COCc4ccccc4)[C@@H](OCc4ccccc4)[C@H](OCc4ccccc4)[C@H]3OCc3ccccc3)[C@@H](OCc3ccccc3)[C@H](OCc3ccccc3)[C@H]2OCc2ccccc2)cc1. The van der Waals surface area contributed by atoms with Gasteiger partial charge in [0.1, 0.15) is 48.8 Å². The van der Waals surface area contributed by atoms with Crippen LogP contribution in [0.2, 0.25) is 0 Å². The van der Waals surface area contributed by atoms with Crippen LogP contribution in [-0.2, 0) is 116 Å². The Labute approximate surface area is 559 Å². The Morgan fingerprint density at radius 3 is 1.01 bits per heavy atom. The van der Waals surface area contributed by atoms with Crippen molar-refractivity contribution in [3.63, 3.8) is 0 Å². The minimum absolute atomic E-state index is 0.00629. The zero-order valence-corrected chi connectivity index (χ0v) is 53.1. The summed E-state index contributed by atoms with van der Waals surface area (Å²) in [5.74, 6) is 0.00629. The highest BCUT2D eigenvalue weighted by atomic mass is 32.2. The molecule has 0 N–H and O–H groups in total. The van der Waals surface area contributed by atoms with Gasteiger partial charge in [-0.25, -0.2) is 4.99 Å². The highest BCUT2D eigenvalue weighted by molar-refractivity contribution is 8.12. The van der Waals surface area contributed by atoms with E-state index in [2.05, 4.69) is 0 Å². The van der Waals surface area contributed by atoms with Gasteiger partial charge in [-0.15, -0.1) is 0 Å². The third kappa shape index (κ3) is 20.5. The van der Waals surface area contributed by atoms with Crippen LogP contribution in [0.15, 0.2) is 266 Å². The summed E-state index contributed by atoms with van der Waals surface area (Å²) in [6, 6.07) is 76.3. The molecule has 0 bridgehead atoms. The average Bonchev–Trinajstić information content (AvgIpc) is 0.790. The normalized spacial score (nSPS) is 21.6. The van der Waals surface area contributed by atoms with Crippen LogP contribution in [0, 0.1) is 0 Å². The molecule has 2 aliphatic heterocycles. The Morgan fingerprint density at radius 2 is 0.635 bits per heavy atom. The summed E-state index contributed by atoms with van der Waals surface area (Å²) in [5, 5.41) is -0.124. The summed E-state index contributed by atoms with van der Waals surface area (Å²) >= 11 is 0.986. The second-order valence-electron chi connectivity index (χ2n) is 23.0. The molecule has 0 aliphatic carbocycles. The highest BCUT2D eigenvalue weighted by Gasteiger charge is 2.53. The standard InChI is InChI=1S/C77H73F6NO11S/c78-76(79,80)62-38-36-61(37-39-62)53-96-75(84-64-42-40-63(41-43-64)77(81,82)83)95-74-72(91-50-60-34-20-7-21-35-60)70(89-48-58-30-16-5-17-31-58)68(87-46-56-26-12-3-13-27-56)66(94-74)52-92-73-71(90-49-59-32-18-6-19-33-59)69(88-47-57-28-14-4-15-29-57)67(86-45-55-24-10-2-11-25-55)65(93-73)51-85-44-54-22-8-1-9-23-54/h1-43,65-74H,44-53H2/t65-,66-,67-,68-,69+,70+,71-,72-,73-,74-/m1/s1. The molecule has 12 nitrogen and oxygen atoms in total. The number of thioether (sulfide) groups is 1. The van der Waals surface area contributed by atoms with Crippen LogP contribution in [0.3, 0.4) is 0 Å². The van der Waals surface area contributed by atoms with Gasteiger partial charge in [-0.3, -0.25) is 0 Å². The molecule has 2 saturated heterocycles. The maximum Gasteiger partial charge on any atom is 0.416 e. The first-order valence-electron chi connectivity index (χ1n) is 31.5. The molecule has 2 aliphatic rings. The molecule has 0 saturated carbocycles. The van der Waals surface area contributed by atoms with E-state index in [4.69, 9.17) is 57.1 Å². The molecule has 0 amide bonds. The molecule has 0 spiro atoms. The first-order chi connectivity index (χ1) is 46.8. The van der Waals surface area contributed by atoms with E-state index in [-0.39, 0.29) is 76.1 Å². The van der Waals surface area contributed by atoms with Crippen molar-refractivity contribution >= 4 is 22.7 Å². The molecule has 2 fully saturated rings. The molecular formula is C77H73F6NO11S. The molecular weight excluding hydrogens is 1260 g/mol. The first kappa shape index (κ1) is 69.3. The maximum atomic E-state index is 14.0. The number of ether oxygens (including phenoxy) is 11. The predicted molar refractivity (Wildman–Crippen MR) is 352 cm³/mol. The topological polar surface area (TPSA) is 114 Å². The Morgan fingerprint density at radius 1 is 0.323 bits per heavy atom. The van der Waals surface area contributed by atoms with E-state index in [1.54, 1.807) is 0 Å². The number of alkyl halides is 6. The summed E-state index contributed by atoms with van der Waals surface area (Å²) in [6.45, 7) is 0.574. The lowest BCUT2D eigenvalue weighted by molar-refractivity contribution is -0.347. The number of hydrogen-bond acceptors (Lipinski definition) is 13. The maximum absolute atomic E-state index is 14.0. The number of benzene rings is 9. The van der Waals surface area contributed by atoms with Crippen LogP contribution in [0.25, 0.3) is 0 Å². The molecule has 9 aromatic carbocycles. The van der Waals surface area contributed by atoms with Gasteiger partial charge in [-0.05, 0) is 80.9 Å². The van der Waals surface area contributed by atoms with Crippen LogP contribution >= 0.6 is 11.8 Å². The molecule has 2 heterocycles. The van der Waals surface area contributed by atoms with E-state index < -0.39 is 84.9 Å². The molecule has 0 radical (unpaired) electrons. The van der Waals surface area contributed by atoms with E-state index >= 15 is 0 Å². The van der Waals surface area contributed by atoms with Gasteiger partial charge in [0.25, 0.3) is 5.23 Å². The van der Waals surface area contributed by atoms with Gasteiger partial charge in [0, 0.05) is 5.75 Å². The van der Waals surface area contributed by atoms with Gasteiger partial charge >= 0.3 is 12.4 Å². The fourth-order valence-electron chi connectivity index (χ4n) is 11.0. The van der Waals surface area contributed by atoms with Gasteiger partial charge in [-0.1, -0.05) is 236 Å². The number of nitrogens with zero attached hydrogens (tertiary/aromatic N) is 1. The summed E-state index contributed by atoms with van der Waals surface area (Å²) in [5.41, 5.74) is 4.83. The molecule has 10 atom stereocenters. The Bertz CT molecular complexity index is 3730. The Hall–Kier alpha value is -8.02. The molecule has 11 rings (SSSR count). The van der Waals surface area contributed by atoms with E-state index in [0.717, 1.165) is 75.0 Å². The number of rotatable bonds is 29. The summed E-state index contributed by atoms with van der Waals surface area (Å²) < 4.78 is 161. The van der Waals surface area contributed by atoms with E-state index in [1.807, 2.05) is 212 Å². The summed E-state index contributed by atoms with van der Waals surface area (Å²) in [4.78, 5) is 4.75. The fraction of sp³-hybridized carbons (Fsp3) is 0.286. The predicted octanol–water partition coefficient (Wildman–Crippen LogP) is 16.9. The van der Waals surface area contributed by atoms with Crippen molar-refractivity contribution in [2.75, 3.05) is 13.2 Å². The smallest absolute Gasteiger partial charge is 0.416 e. The number of hydrogen-bond donors (Lipinski definition) is 0. The van der Waals surface area contributed by atoms with Gasteiger partial charge < -0.3 is 52.1 Å². The third-order valence-corrected chi connectivity index (χ3v) is 16.9. The zero-order valence-electron chi connectivity index (χ0n) is 52.3. The minimum Gasteiger partial charge on any atom is -0.440 e. The Balaban J connectivity index is 0.997. The molecule has 0 aromatic heterocycles. The van der Waals surface area contributed by atoms with Crippen LogP contribution in [0.5, 0.6) is 0 Å². The largest absolute Gasteiger partial charge is 0.440 e. The van der Waals surface area contributed by atoms with Crippen LogP contribution in [0.1, 0.15) is 55.6 Å². The van der Waals surface area contributed by atoms with Gasteiger partial charge in [0.2, 0.25) is 6.29 Å². The van der Waals surface area contributed by atoms with E-state index in [0.29, 0.717) is 5.56 Å². The minimum atomic E-state index is -4.65. The Kier molecular flexibility index (Phi) is 25.1. The van der Waals surface area contributed by atoms with Crippen molar-refractivity contribution in [2.45, 2.75) is 126 Å². The highest BCUT2D eigenvalue weighted by Crippen LogP contribution is 2.38. The van der Waals surface area contributed by atoms with Crippen LogP contribution in [0.4, 0.5) is 32.0 Å². The number of aliphatic imine (C=N–C) groups is 1. The summed E-state index contributed by atoms with van der Waals surface area (Å²) in [6.07, 6.45) is -19.9. The molecule has 96 heavy (non-hydrogen) atoms.